The van der Waals surface area contributed by atoms with Gasteiger partial charge < -0.3 is 5.32 Å². The normalized spacial score (nSPS) is 8.73. The highest BCUT2D eigenvalue weighted by Crippen LogP contribution is 2.02. The Kier molecular flexibility index (Phi) is 2.51. The zero-order valence-corrected chi connectivity index (χ0v) is 6.46. The highest BCUT2D eigenvalue weighted by molar-refractivity contribution is 5.22. The number of nitriles is 1. The summed E-state index contributed by atoms with van der Waals surface area (Å²) in [4.78, 5) is 0. The van der Waals surface area contributed by atoms with Gasteiger partial charge in [0.25, 0.3) is 0 Å². The SMILES string of the molecule is Cc1cccc(CNC#N)c1. The fraction of sp³-hybridized carbons (Fsp3) is 0.222. The summed E-state index contributed by atoms with van der Waals surface area (Å²) in [5.41, 5.74) is 2.37. The van der Waals surface area contributed by atoms with Gasteiger partial charge in [-0.15, -0.1) is 0 Å². The van der Waals surface area contributed by atoms with E-state index in [2.05, 4.69) is 11.4 Å². The molecule has 0 amide bonds. The average molecular weight is 146 g/mol. The molecule has 2 nitrogen and oxygen atoms in total. The van der Waals surface area contributed by atoms with Gasteiger partial charge in [0, 0.05) is 6.54 Å². The van der Waals surface area contributed by atoms with Crippen molar-refractivity contribution in [1.29, 1.82) is 5.26 Å². The maximum atomic E-state index is 8.24. The quantitative estimate of drug-likeness (QED) is 0.507. The van der Waals surface area contributed by atoms with Gasteiger partial charge in [0.2, 0.25) is 0 Å². The van der Waals surface area contributed by atoms with Crippen LogP contribution in [0.5, 0.6) is 0 Å². The third kappa shape index (κ3) is 2.30. The average Bonchev–Trinajstić information content (AvgIpc) is 2.01. The monoisotopic (exact) mass is 146 g/mol. The van der Waals surface area contributed by atoms with Crippen molar-refractivity contribution >= 4 is 0 Å². The number of nitrogens with one attached hydrogen (secondary N) is 1. The van der Waals surface area contributed by atoms with E-state index < -0.39 is 0 Å². The van der Waals surface area contributed by atoms with Crippen molar-refractivity contribution in [3.63, 3.8) is 0 Å². The van der Waals surface area contributed by atoms with Crippen molar-refractivity contribution in [2.24, 2.45) is 0 Å². The Hall–Kier alpha value is -1.49. The molecule has 0 bridgehead atoms. The Morgan fingerprint density at radius 1 is 1.55 bits per heavy atom. The van der Waals surface area contributed by atoms with Gasteiger partial charge in [0.05, 0.1) is 0 Å². The summed E-state index contributed by atoms with van der Waals surface area (Å²) in [5, 5.41) is 10.8. The van der Waals surface area contributed by atoms with E-state index in [0.717, 1.165) is 5.56 Å². The molecule has 1 aromatic carbocycles. The number of hydrogen-bond acceptors (Lipinski definition) is 2. The number of rotatable bonds is 2. The van der Waals surface area contributed by atoms with Crippen molar-refractivity contribution in [1.82, 2.24) is 5.32 Å². The van der Waals surface area contributed by atoms with E-state index >= 15 is 0 Å². The Labute approximate surface area is 66.5 Å². The summed E-state index contributed by atoms with van der Waals surface area (Å²) in [6.07, 6.45) is 1.89. The van der Waals surface area contributed by atoms with Crippen molar-refractivity contribution in [3.8, 4) is 6.19 Å². The van der Waals surface area contributed by atoms with Crippen LogP contribution in [-0.2, 0) is 6.54 Å². The van der Waals surface area contributed by atoms with Crippen LogP contribution in [0.2, 0.25) is 0 Å². The summed E-state index contributed by atoms with van der Waals surface area (Å²) in [7, 11) is 0. The summed E-state index contributed by atoms with van der Waals surface area (Å²) in [6, 6.07) is 8.08. The first-order chi connectivity index (χ1) is 5.33. The molecule has 0 heterocycles. The Bertz CT molecular complexity index is 273. The van der Waals surface area contributed by atoms with Crippen LogP contribution in [0.15, 0.2) is 24.3 Å². The van der Waals surface area contributed by atoms with Crippen LogP contribution in [0.25, 0.3) is 0 Å². The second-order valence-corrected chi connectivity index (χ2v) is 2.45. The molecule has 0 aliphatic carbocycles. The van der Waals surface area contributed by atoms with Gasteiger partial charge >= 0.3 is 0 Å². The maximum Gasteiger partial charge on any atom is 0.176 e. The molecule has 0 atom stereocenters. The Morgan fingerprint density at radius 2 is 2.36 bits per heavy atom. The molecular formula is C9H10N2. The van der Waals surface area contributed by atoms with E-state index in [0.29, 0.717) is 6.54 Å². The molecule has 0 aliphatic heterocycles. The fourth-order valence-electron chi connectivity index (χ4n) is 0.964. The van der Waals surface area contributed by atoms with Gasteiger partial charge in [-0.1, -0.05) is 29.8 Å². The van der Waals surface area contributed by atoms with Crippen LogP contribution in [0, 0.1) is 18.4 Å². The molecule has 1 aromatic rings. The van der Waals surface area contributed by atoms with Crippen molar-refractivity contribution in [3.05, 3.63) is 35.4 Å². The zero-order valence-electron chi connectivity index (χ0n) is 6.46. The van der Waals surface area contributed by atoms with Gasteiger partial charge in [-0.2, -0.15) is 5.26 Å². The van der Waals surface area contributed by atoms with Gasteiger partial charge in [0.15, 0.2) is 6.19 Å². The molecule has 1 N–H and O–H groups in total. The first-order valence-corrected chi connectivity index (χ1v) is 3.50. The highest BCUT2D eigenvalue weighted by Gasteiger charge is 1.89. The lowest BCUT2D eigenvalue weighted by Crippen LogP contribution is -2.04. The fourth-order valence-corrected chi connectivity index (χ4v) is 0.964. The maximum absolute atomic E-state index is 8.24. The minimum absolute atomic E-state index is 0.623. The van der Waals surface area contributed by atoms with E-state index in [1.165, 1.54) is 5.56 Å². The molecule has 2 heteroatoms. The van der Waals surface area contributed by atoms with Gasteiger partial charge in [0.1, 0.15) is 0 Å². The van der Waals surface area contributed by atoms with Crippen LogP contribution in [0.4, 0.5) is 0 Å². The molecule has 0 fully saturated rings. The lowest BCUT2D eigenvalue weighted by atomic mass is 10.1. The molecule has 0 aliphatic rings. The van der Waals surface area contributed by atoms with E-state index in [1.54, 1.807) is 0 Å². The van der Waals surface area contributed by atoms with E-state index in [-0.39, 0.29) is 0 Å². The standard InChI is InChI=1S/C9H10N2/c1-8-3-2-4-9(5-8)6-11-7-10/h2-5,11H,6H2,1H3. The molecule has 56 valence electrons. The third-order valence-electron chi connectivity index (χ3n) is 1.45. The Morgan fingerprint density at radius 3 is 3.00 bits per heavy atom. The summed E-state index contributed by atoms with van der Waals surface area (Å²) >= 11 is 0. The van der Waals surface area contributed by atoms with E-state index in [9.17, 15) is 0 Å². The van der Waals surface area contributed by atoms with Crippen molar-refractivity contribution < 1.29 is 0 Å². The lowest BCUT2D eigenvalue weighted by Gasteiger charge is -1.98. The molecule has 0 spiro atoms. The molecule has 0 saturated carbocycles. The summed E-state index contributed by atoms with van der Waals surface area (Å²) < 4.78 is 0. The molecule has 11 heavy (non-hydrogen) atoms. The number of nitrogens with zero attached hydrogens (tertiary/aromatic N) is 1. The van der Waals surface area contributed by atoms with Gasteiger partial charge in [-0.3, -0.25) is 0 Å². The first-order valence-electron chi connectivity index (χ1n) is 3.50. The summed E-state index contributed by atoms with van der Waals surface area (Å²) in [5.74, 6) is 0. The predicted octanol–water partition coefficient (Wildman–Crippen LogP) is 1.57. The molecule has 1 rings (SSSR count). The minimum atomic E-state index is 0.623. The summed E-state index contributed by atoms with van der Waals surface area (Å²) in [6.45, 7) is 2.66. The van der Waals surface area contributed by atoms with Crippen LogP contribution in [-0.4, -0.2) is 0 Å². The van der Waals surface area contributed by atoms with Crippen LogP contribution in [0.3, 0.4) is 0 Å². The number of hydrogen-bond donors (Lipinski definition) is 1. The smallest absolute Gasteiger partial charge is 0.176 e. The molecule has 0 radical (unpaired) electrons. The van der Waals surface area contributed by atoms with Crippen LogP contribution < -0.4 is 5.32 Å². The van der Waals surface area contributed by atoms with Crippen LogP contribution in [0.1, 0.15) is 11.1 Å². The van der Waals surface area contributed by atoms with E-state index in [4.69, 9.17) is 5.26 Å². The lowest BCUT2D eigenvalue weighted by molar-refractivity contribution is 0.883. The first kappa shape index (κ1) is 7.62. The van der Waals surface area contributed by atoms with E-state index in [1.807, 2.05) is 31.3 Å². The van der Waals surface area contributed by atoms with Crippen molar-refractivity contribution in [2.75, 3.05) is 0 Å². The largest absolute Gasteiger partial charge is 0.319 e. The Balaban J connectivity index is 2.65. The van der Waals surface area contributed by atoms with Crippen LogP contribution >= 0.6 is 0 Å². The van der Waals surface area contributed by atoms with Gasteiger partial charge in [-0.25, -0.2) is 0 Å². The van der Waals surface area contributed by atoms with Crippen molar-refractivity contribution in [2.45, 2.75) is 13.5 Å². The predicted molar refractivity (Wildman–Crippen MR) is 43.6 cm³/mol. The molecule has 0 unspecified atom stereocenters. The molecule has 0 saturated heterocycles. The minimum Gasteiger partial charge on any atom is -0.319 e. The second kappa shape index (κ2) is 3.62. The number of benzene rings is 1. The second-order valence-electron chi connectivity index (χ2n) is 2.45. The zero-order chi connectivity index (χ0) is 8.10. The third-order valence-corrected chi connectivity index (χ3v) is 1.45. The molecule has 0 aromatic heterocycles. The number of aryl methyl sites for hydroxylation is 1. The van der Waals surface area contributed by atoms with Gasteiger partial charge in [-0.05, 0) is 12.5 Å². The highest BCUT2D eigenvalue weighted by atomic mass is 14.8. The topological polar surface area (TPSA) is 35.8 Å². The molecular weight excluding hydrogens is 136 g/mol.